The molecule has 4 rings (SSSR count). The van der Waals surface area contributed by atoms with E-state index in [-0.39, 0.29) is 17.3 Å². The first-order valence-corrected chi connectivity index (χ1v) is 11.7. The van der Waals surface area contributed by atoms with Crippen LogP contribution >= 0.6 is 0 Å². The number of hydrogen-bond acceptors (Lipinski definition) is 8. The number of nitrogens with zero attached hydrogens (tertiary/aromatic N) is 4. The molecule has 11 heteroatoms. The number of carbonyl (C=O) groups excluding carboxylic acids is 1. The summed E-state index contributed by atoms with van der Waals surface area (Å²) in [6.07, 6.45) is 0. The second-order valence-electron chi connectivity index (χ2n) is 7.55. The minimum absolute atomic E-state index is 0.0413. The summed E-state index contributed by atoms with van der Waals surface area (Å²) in [6.45, 7) is 3.72. The molecule has 0 saturated carbocycles. The Balaban J connectivity index is 1.25. The molecule has 0 atom stereocenters. The van der Waals surface area contributed by atoms with Gasteiger partial charge in [-0.2, -0.15) is 4.98 Å². The van der Waals surface area contributed by atoms with Crippen molar-refractivity contribution in [3.63, 3.8) is 0 Å². The monoisotopic (exact) mass is 456 g/mol. The number of piperazine rings is 1. The molecule has 1 saturated heterocycles. The third-order valence-corrected chi connectivity index (χ3v) is 6.05. The van der Waals surface area contributed by atoms with Crippen LogP contribution in [-0.2, 0) is 21.4 Å². The summed E-state index contributed by atoms with van der Waals surface area (Å²) >= 11 is 0. The van der Waals surface area contributed by atoms with Crippen LogP contribution in [0.3, 0.4) is 0 Å². The third kappa shape index (κ3) is 5.77. The first-order valence-electron chi connectivity index (χ1n) is 10.1. The van der Waals surface area contributed by atoms with Gasteiger partial charge in [0.15, 0.2) is 0 Å². The molecule has 0 aliphatic carbocycles. The van der Waals surface area contributed by atoms with Gasteiger partial charge in [0.2, 0.25) is 27.6 Å². The molecule has 2 heterocycles. The molecular formula is C21H24N6O4S. The van der Waals surface area contributed by atoms with Crippen molar-refractivity contribution in [2.75, 3.05) is 38.0 Å². The van der Waals surface area contributed by atoms with Crippen LogP contribution in [0, 0.1) is 0 Å². The summed E-state index contributed by atoms with van der Waals surface area (Å²) in [5.74, 6) is 0.918. The van der Waals surface area contributed by atoms with Gasteiger partial charge >= 0.3 is 0 Å². The van der Waals surface area contributed by atoms with E-state index in [1.807, 2.05) is 35.2 Å². The smallest absolute Gasteiger partial charge is 0.241 e. The van der Waals surface area contributed by atoms with E-state index in [1.54, 1.807) is 6.07 Å². The minimum Gasteiger partial charge on any atom is -0.338 e. The molecule has 0 radical (unpaired) electrons. The highest BCUT2D eigenvalue weighted by molar-refractivity contribution is 7.89. The zero-order chi connectivity index (χ0) is 22.6. The molecule has 0 unspecified atom stereocenters. The summed E-state index contributed by atoms with van der Waals surface area (Å²) < 4.78 is 28.3. The van der Waals surface area contributed by atoms with Gasteiger partial charge in [0, 0.05) is 37.4 Å². The standard InChI is InChI=1S/C21H24N6O4S/c22-32(29,30)18-8-4-7-17(13-18)23-19(28)14-26-9-11-27(12-10-26)15-20-24-21(25-31-20)16-5-2-1-3-6-16/h1-8,13H,9-12,14-15H2,(H,23,28)(H2,22,29,30). The Labute approximate surface area is 186 Å². The number of hydrogen-bond donors (Lipinski definition) is 2. The average Bonchev–Trinajstić information content (AvgIpc) is 3.24. The van der Waals surface area contributed by atoms with Crippen molar-refractivity contribution in [2.24, 2.45) is 5.14 Å². The van der Waals surface area contributed by atoms with E-state index in [0.717, 1.165) is 18.7 Å². The van der Waals surface area contributed by atoms with Gasteiger partial charge in [-0.25, -0.2) is 13.6 Å². The number of carbonyl (C=O) groups is 1. The van der Waals surface area contributed by atoms with Crippen molar-refractivity contribution in [1.82, 2.24) is 19.9 Å². The molecule has 0 bridgehead atoms. The van der Waals surface area contributed by atoms with E-state index in [9.17, 15) is 13.2 Å². The normalized spacial score (nSPS) is 15.5. The zero-order valence-electron chi connectivity index (χ0n) is 17.3. The Morgan fingerprint density at radius 1 is 1.03 bits per heavy atom. The van der Waals surface area contributed by atoms with Crippen LogP contribution < -0.4 is 10.5 Å². The Kier molecular flexibility index (Phi) is 6.61. The molecule has 1 fully saturated rings. The van der Waals surface area contributed by atoms with Gasteiger partial charge in [0.25, 0.3) is 0 Å². The number of benzene rings is 2. The Hall–Kier alpha value is -3.12. The topological polar surface area (TPSA) is 135 Å². The van der Waals surface area contributed by atoms with Gasteiger partial charge in [0.1, 0.15) is 0 Å². The van der Waals surface area contributed by atoms with Crippen molar-refractivity contribution >= 4 is 21.6 Å². The largest absolute Gasteiger partial charge is 0.338 e. The van der Waals surface area contributed by atoms with Crippen LogP contribution in [0.5, 0.6) is 0 Å². The summed E-state index contributed by atoms with van der Waals surface area (Å²) in [5, 5.41) is 11.9. The van der Waals surface area contributed by atoms with Crippen LogP contribution in [0.4, 0.5) is 5.69 Å². The van der Waals surface area contributed by atoms with Crippen molar-refractivity contribution in [3.8, 4) is 11.4 Å². The molecule has 1 amide bonds. The fourth-order valence-corrected chi connectivity index (χ4v) is 4.03. The lowest BCUT2D eigenvalue weighted by Gasteiger charge is -2.33. The maximum atomic E-state index is 12.4. The number of anilines is 1. The molecule has 0 spiro atoms. The van der Waals surface area contributed by atoms with Gasteiger partial charge in [-0.15, -0.1) is 0 Å². The van der Waals surface area contributed by atoms with Crippen LogP contribution in [0.25, 0.3) is 11.4 Å². The lowest BCUT2D eigenvalue weighted by molar-refractivity contribution is -0.117. The lowest BCUT2D eigenvalue weighted by atomic mass is 10.2. The highest BCUT2D eigenvalue weighted by atomic mass is 32.2. The molecule has 32 heavy (non-hydrogen) atoms. The molecule has 2 aromatic carbocycles. The fraction of sp³-hybridized carbons (Fsp3) is 0.286. The third-order valence-electron chi connectivity index (χ3n) is 5.14. The molecule has 1 aliphatic rings. The predicted molar refractivity (Wildman–Crippen MR) is 118 cm³/mol. The minimum atomic E-state index is -3.82. The van der Waals surface area contributed by atoms with Crippen molar-refractivity contribution in [2.45, 2.75) is 11.4 Å². The molecule has 3 N–H and O–H groups in total. The van der Waals surface area contributed by atoms with Crippen LogP contribution in [-0.4, -0.2) is 67.0 Å². The maximum Gasteiger partial charge on any atom is 0.241 e. The zero-order valence-corrected chi connectivity index (χ0v) is 18.2. The summed E-state index contributed by atoms with van der Waals surface area (Å²) in [5.41, 5.74) is 1.30. The number of primary sulfonamides is 1. The number of nitrogens with one attached hydrogen (secondary N) is 1. The van der Waals surface area contributed by atoms with Crippen LogP contribution in [0.2, 0.25) is 0 Å². The second-order valence-corrected chi connectivity index (χ2v) is 9.11. The quantitative estimate of drug-likeness (QED) is 0.540. The molecule has 1 aromatic heterocycles. The molecule has 168 valence electrons. The van der Waals surface area contributed by atoms with E-state index in [1.165, 1.54) is 18.2 Å². The van der Waals surface area contributed by atoms with E-state index >= 15 is 0 Å². The number of aromatic nitrogens is 2. The number of nitrogens with two attached hydrogens (primary N) is 1. The highest BCUT2D eigenvalue weighted by Crippen LogP contribution is 2.17. The Bertz CT molecular complexity index is 1170. The average molecular weight is 457 g/mol. The number of amides is 1. The van der Waals surface area contributed by atoms with Crippen molar-refractivity contribution < 1.29 is 17.7 Å². The summed E-state index contributed by atoms with van der Waals surface area (Å²) in [7, 11) is -3.82. The van der Waals surface area contributed by atoms with E-state index < -0.39 is 10.0 Å². The van der Waals surface area contributed by atoms with Gasteiger partial charge in [-0.05, 0) is 18.2 Å². The van der Waals surface area contributed by atoms with E-state index in [4.69, 9.17) is 9.66 Å². The number of rotatable bonds is 7. The predicted octanol–water partition coefficient (Wildman–Crippen LogP) is 1.14. The molecule has 10 nitrogen and oxygen atoms in total. The highest BCUT2D eigenvalue weighted by Gasteiger charge is 2.21. The first kappa shape index (κ1) is 22.1. The van der Waals surface area contributed by atoms with Gasteiger partial charge in [-0.3, -0.25) is 14.6 Å². The van der Waals surface area contributed by atoms with Gasteiger partial charge in [-0.1, -0.05) is 41.6 Å². The second kappa shape index (κ2) is 9.57. The Morgan fingerprint density at radius 2 is 1.75 bits per heavy atom. The SMILES string of the molecule is NS(=O)(=O)c1cccc(NC(=O)CN2CCN(Cc3nc(-c4ccccc4)no3)CC2)c1. The summed E-state index contributed by atoms with van der Waals surface area (Å²) in [6, 6.07) is 15.6. The number of sulfonamides is 1. The van der Waals surface area contributed by atoms with E-state index in [0.29, 0.717) is 37.0 Å². The maximum absolute atomic E-state index is 12.4. The fourth-order valence-electron chi connectivity index (χ4n) is 3.47. The molecule has 1 aliphatic heterocycles. The van der Waals surface area contributed by atoms with Crippen LogP contribution in [0.15, 0.2) is 64.0 Å². The molecule has 3 aromatic rings. The Morgan fingerprint density at radius 3 is 2.47 bits per heavy atom. The van der Waals surface area contributed by atoms with Crippen LogP contribution in [0.1, 0.15) is 5.89 Å². The molecular weight excluding hydrogens is 432 g/mol. The van der Waals surface area contributed by atoms with Crippen molar-refractivity contribution in [1.29, 1.82) is 0 Å². The lowest BCUT2D eigenvalue weighted by Crippen LogP contribution is -2.48. The van der Waals surface area contributed by atoms with Gasteiger partial charge in [0.05, 0.1) is 18.0 Å². The first-order chi connectivity index (χ1) is 15.4. The van der Waals surface area contributed by atoms with Crippen molar-refractivity contribution in [3.05, 3.63) is 60.5 Å². The van der Waals surface area contributed by atoms with Gasteiger partial charge < -0.3 is 9.84 Å². The summed E-state index contributed by atoms with van der Waals surface area (Å²) in [4.78, 5) is 21.0. The van der Waals surface area contributed by atoms with E-state index in [2.05, 4.69) is 20.4 Å².